The zero-order chi connectivity index (χ0) is 20.7. The Morgan fingerprint density at radius 1 is 1.04 bits per heavy atom. The second-order valence-electron chi connectivity index (χ2n) is 8.04. The van der Waals surface area contributed by atoms with Crippen LogP contribution < -0.4 is 0 Å². The molecular formula is C21H34O7. The van der Waals surface area contributed by atoms with E-state index in [0.29, 0.717) is 31.3 Å². The Morgan fingerprint density at radius 2 is 1.64 bits per heavy atom. The molecule has 6 atom stereocenters. The van der Waals surface area contributed by atoms with E-state index in [9.17, 15) is 9.90 Å². The summed E-state index contributed by atoms with van der Waals surface area (Å²) in [7, 11) is 0. The fourth-order valence-electron chi connectivity index (χ4n) is 4.45. The van der Waals surface area contributed by atoms with Gasteiger partial charge in [0.05, 0.1) is 24.7 Å². The van der Waals surface area contributed by atoms with Crippen LogP contribution in [0.15, 0.2) is 12.2 Å². The number of aliphatic hydroxyl groups excluding tert-OH is 1. The van der Waals surface area contributed by atoms with Crippen LogP contribution in [0, 0.1) is 5.92 Å². The number of Topliss-reactive ketones (excluding diaryl/α,β-unsaturated/α-hetero) is 1. The summed E-state index contributed by atoms with van der Waals surface area (Å²) in [6.45, 7) is 13.6. The molecule has 28 heavy (non-hydrogen) atoms. The van der Waals surface area contributed by atoms with Crippen LogP contribution >= 0.6 is 0 Å². The third-order valence-electron chi connectivity index (χ3n) is 6.45. The van der Waals surface area contributed by atoms with Crippen LogP contribution in [0.3, 0.4) is 0 Å². The lowest BCUT2D eigenvalue weighted by Gasteiger charge is -2.42. The maximum atomic E-state index is 12.9. The van der Waals surface area contributed by atoms with E-state index in [1.807, 2.05) is 27.7 Å². The normalized spacial score (nSPS) is 38.9. The lowest BCUT2D eigenvalue weighted by atomic mass is 9.81. The average molecular weight is 398 g/mol. The molecule has 0 saturated carbocycles. The zero-order valence-electron chi connectivity index (χ0n) is 17.6. The van der Waals surface area contributed by atoms with Crippen molar-refractivity contribution in [1.29, 1.82) is 0 Å². The summed E-state index contributed by atoms with van der Waals surface area (Å²) in [5.41, 5.74) is 0.368. The Bertz CT molecular complexity index is 596. The van der Waals surface area contributed by atoms with Gasteiger partial charge in [0.2, 0.25) is 0 Å². The molecule has 3 fully saturated rings. The van der Waals surface area contributed by atoms with Gasteiger partial charge in [0.1, 0.15) is 12.2 Å². The fraction of sp³-hybridized carbons (Fsp3) is 0.857. The van der Waals surface area contributed by atoms with E-state index in [1.54, 1.807) is 6.92 Å². The molecule has 1 N–H and O–H groups in total. The lowest BCUT2D eigenvalue weighted by molar-refractivity contribution is -0.253. The van der Waals surface area contributed by atoms with Crippen LogP contribution in [0.5, 0.6) is 0 Å². The number of rotatable bonds is 7. The maximum absolute atomic E-state index is 12.9. The number of hydrogen-bond acceptors (Lipinski definition) is 7. The summed E-state index contributed by atoms with van der Waals surface area (Å²) < 4.78 is 30.4. The molecular weight excluding hydrogens is 364 g/mol. The molecule has 0 aromatic carbocycles. The van der Waals surface area contributed by atoms with E-state index in [2.05, 4.69) is 6.58 Å². The van der Waals surface area contributed by atoms with Gasteiger partial charge in [-0.2, -0.15) is 0 Å². The van der Waals surface area contributed by atoms with Crippen molar-refractivity contribution in [3.63, 3.8) is 0 Å². The first-order valence-electron chi connectivity index (χ1n) is 10.5. The van der Waals surface area contributed by atoms with Crippen LogP contribution in [0.2, 0.25) is 0 Å². The molecule has 0 amide bonds. The molecule has 3 aliphatic rings. The van der Waals surface area contributed by atoms with E-state index in [-0.39, 0.29) is 12.4 Å². The molecule has 7 nitrogen and oxygen atoms in total. The highest BCUT2D eigenvalue weighted by molar-refractivity contribution is 5.98. The van der Waals surface area contributed by atoms with E-state index in [1.165, 1.54) is 0 Å². The number of ether oxygens (including phenoxy) is 5. The van der Waals surface area contributed by atoms with Crippen LogP contribution in [0.1, 0.15) is 60.3 Å². The predicted octanol–water partition coefficient (Wildman–Crippen LogP) is 2.70. The van der Waals surface area contributed by atoms with Crippen molar-refractivity contribution in [2.24, 2.45) is 5.92 Å². The molecule has 0 aliphatic carbocycles. The smallest absolute Gasteiger partial charge is 0.190 e. The Kier molecular flexibility index (Phi) is 6.35. The molecule has 3 rings (SSSR count). The van der Waals surface area contributed by atoms with Crippen LogP contribution in [-0.2, 0) is 28.5 Å². The van der Waals surface area contributed by atoms with E-state index in [0.717, 1.165) is 0 Å². The standard InChI is InChI=1S/C21H34O7/c1-7-20(8-2)24-11-13(26-20)14-16(23)18-19(25-17(14)15(22)12(5)6)28-21(9-3,10-4)27-18/h13-14,16-19,23H,5,7-11H2,1-4,6H3/t13?,14-,16+,17?,18-,19-/m1/s1. The number of fused-ring (bicyclic) bond motifs is 1. The highest BCUT2D eigenvalue weighted by Gasteiger charge is 2.60. The largest absolute Gasteiger partial charge is 0.390 e. The summed E-state index contributed by atoms with van der Waals surface area (Å²) >= 11 is 0. The van der Waals surface area contributed by atoms with Crippen LogP contribution in [-0.4, -0.2) is 59.8 Å². The molecule has 3 saturated heterocycles. The summed E-state index contributed by atoms with van der Waals surface area (Å²) in [5.74, 6) is -2.39. The van der Waals surface area contributed by atoms with Gasteiger partial charge in [-0.25, -0.2) is 0 Å². The van der Waals surface area contributed by atoms with Gasteiger partial charge in [-0.1, -0.05) is 34.3 Å². The minimum atomic E-state index is -0.981. The quantitative estimate of drug-likeness (QED) is 0.660. The van der Waals surface area contributed by atoms with Crippen molar-refractivity contribution < 1.29 is 33.6 Å². The molecule has 0 aromatic heterocycles. The number of hydrogen-bond donors (Lipinski definition) is 1. The van der Waals surface area contributed by atoms with E-state index in [4.69, 9.17) is 23.7 Å². The Balaban J connectivity index is 1.90. The molecule has 3 aliphatic heterocycles. The monoisotopic (exact) mass is 398 g/mol. The first kappa shape index (κ1) is 21.9. The van der Waals surface area contributed by atoms with Crippen LogP contribution in [0.4, 0.5) is 0 Å². The van der Waals surface area contributed by atoms with Crippen molar-refractivity contribution in [2.75, 3.05) is 6.61 Å². The fourth-order valence-corrected chi connectivity index (χ4v) is 4.45. The minimum Gasteiger partial charge on any atom is -0.390 e. The third kappa shape index (κ3) is 3.57. The summed E-state index contributed by atoms with van der Waals surface area (Å²) in [5, 5.41) is 11.2. The van der Waals surface area contributed by atoms with Gasteiger partial charge in [0.25, 0.3) is 0 Å². The molecule has 0 bridgehead atoms. The van der Waals surface area contributed by atoms with Crippen molar-refractivity contribution in [3.8, 4) is 0 Å². The molecule has 160 valence electrons. The molecule has 0 spiro atoms. The van der Waals surface area contributed by atoms with Gasteiger partial charge in [0.15, 0.2) is 23.6 Å². The van der Waals surface area contributed by atoms with Gasteiger partial charge in [-0.3, -0.25) is 4.79 Å². The Labute approximate surface area is 167 Å². The van der Waals surface area contributed by atoms with Crippen molar-refractivity contribution in [2.45, 2.75) is 103 Å². The van der Waals surface area contributed by atoms with Crippen LogP contribution in [0.25, 0.3) is 0 Å². The van der Waals surface area contributed by atoms with Gasteiger partial charge < -0.3 is 28.8 Å². The zero-order valence-corrected chi connectivity index (χ0v) is 17.6. The lowest BCUT2D eigenvalue weighted by Crippen LogP contribution is -2.59. The number of carbonyl (C=O) groups is 1. The summed E-state index contributed by atoms with van der Waals surface area (Å²) in [6, 6.07) is 0. The highest BCUT2D eigenvalue weighted by Crippen LogP contribution is 2.45. The predicted molar refractivity (Wildman–Crippen MR) is 101 cm³/mol. The minimum absolute atomic E-state index is 0.259. The van der Waals surface area contributed by atoms with Gasteiger partial charge in [-0.15, -0.1) is 0 Å². The summed E-state index contributed by atoms with van der Waals surface area (Å²) in [4.78, 5) is 12.9. The van der Waals surface area contributed by atoms with Crippen molar-refractivity contribution >= 4 is 5.78 Å². The molecule has 0 radical (unpaired) electrons. The molecule has 2 unspecified atom stereocenters. The third-order valence-corrected chi connectivity index (χ3v) is 6.45. The average Bonchev–Trinajstić information content (AvgIpc) is 3.30. The van der Waals surface area contributed by atoms with Crippen molar-refractivity contribution in [3.05, 3.63) is 12.2 Å². The second kappa shape index (κ2) is 8.13. The number of aliphatic hydroxyl groups is 1. The van der Waals surface area contributed by atoms with E-state index >= 15 is 0 Å². The summed E-state index contributed by atoms with van der Waals surface area (Å²) in [6.07, 6.45) is -1.25. The Morgan fingerprint density at radius 3 is 2.14 bits per heavy atom. The van der Waals surface area contributed by atoms with Gasteiger partial charge in [-0.05, 0) is 38.2 Å². The number of carbonyl (C=O) groups excluding carboxylic acids is 1. The van der Waals surface area contributed by atoms with Gasteiger partial charge >= 0.3 is 0 Å². The molecule has 0 aromatic rings. The second-order valence-corrected chi connectivity index (χ2v) is 8.04. The first-order valence-corrected chi connectivity index (χ1v) is 10.5. The maximum Gasteiger partial charge on any atom is 0.190 e. The first-order chi connectivity index (χ1) is 13.2. The molecule has 3 heterocycles. The Hall–Kier alpha value is -0.830. The number of ketones is 1. The van der Waals surface area contributed by atoms with Gasteiger partial charge in [0, 0.05) is 0 Å². The topological polar surface area (TPSA) is 83.5 Å². The SMILES string of the molecule is C=C(C)C(=O)C1O[C@@H]2OC(CC)(CC)O[C@@H]2[C@@H](O)[C@H]1C1COC(CC)(CC)O1. The molecule has 7 heteroatoms. The highest BCUT2D eigenvalue weighted by atomic mass is 16.8. The van der Waals surface area contributed by atoms with E-state index < -0.39 is 48.2 Å². The van der Waals surface area contributed by atoms with Crippen molar-refractivity contribution in [1.82, 2.24) is 0 Å².